The highest BCUT2D eigenvalue weighted by atomic mass is 35.5. The molecule has 0 unspecified atom stereocenters. The summed E-state index contributed by atoms with van der Waals surface area (Å²) in [5.41, 5.74) is -0.170. The first-order valence-corrected chi connectivity index (χ1v) is 8.24. The number of alkyl halides is 1. The molecule has 4 heteroatoms. The molecule has 1 saturated heterocycles. The second-order valence-corrected chi connectivity index (χ2v) is 6.94. The zero-order chi connectivity index (χ0) is 15.3. The zero-order valence-corrected chi connectivity index (χ0v) is 14.0. The monoisotopic (exact) mass is 311 g/mol. The number of likely N-dealkylation sites (tertiary alicyclic amines) is 1. The van der Waals surface area contributed by atoms with Crippen molar-refractivity contribution in [1.29, 1.82) is 0 Å². The van der Waals surface area contributed by atoms with Gasteiger partial charge in [0, 0.05) is 19.0 Å². The molecular weight excluding hydrogens is 286 g/mol. The van der Waals surface area contributed by atoms with E-state index in [1.54, 1.807) is 0 Å². The van der Waals surface area contributed by atoms with E-state index >= 15 is 0 Å². The Hall–Kier alpha value is -0.930. The first-order chi connectivity index (χ1) is 9.96. The molecule has 21 heavy (non-hydrogen) atoms. The van der Waals surface area contributed by atoms with E-state index in [2.05, 4.69) is 4.90 Å². The van der Waals surface area contributed by atoms with Crippen LogP contribution in [-0.2, 0) is 0 Å². The number of nitrogens with zero attached hydrogens (tertiary/aromatic N) is 1. The Morgan fingerprint density at radius 1 is 1.19 bits per heavy atom. The standard InChI is InChI=1S/C17H26ClNO2/c1-17(2,3)21-15-7-5-14(6-8-15)20-16-9-12-19(13-16)11-4-10-18/h5-8,16H,4,9-13H2,1-3H3/t16-/m0/s1. The predicted molar refractivity (Wildman–Crippen MR) is 87.6 cm³/mol. The number of benzene rings is 1. The molecule has 2 rings (SSSR count). The summed E-state index contributed by atoms with van der Waals surface area (Å²) in [6.07, 6.45) is 2.42. The van der Waals surface area contributed by atoms with Crippen molar-refractivity contribution in [2.45, 2.75) is 45.3 Å². The van der Waals surface area contributed by atoms with Crippen LogP contribution in [0, 0.1) is 0 Å². The van der Waals surface area contributed by atoms with E-state index in [1.807, 2.05) is 45.0 Å². The van der Waals surface area contributed by atoms with Crippen LogP contribution in [0.1, 0.15) is 33.6 Å². The summed E-state index contributed by atoms with van der Waals surface area (Å²) in [5.74, 6) is 2.53. The Kier molecular flexibility index (Phi) is 5.77. The van der Waals surface area contributed by atoms with Crippen LogP contribution in [0.2, 0.25) is 0 Å². The maximum atomic E-state index is 6.04. The fourth-order valence-electron chi connectivity index (χ4n) is 2.51. The van der Waals surface area contributed by atoms with E-state index in [0.29, 0.717) is 0 Å². The van der Waals surface area contributed by atoms with Gasteiger partial charge in [0.2, 0.25) is 0 Å². The normalized spacial score (nSPS) is 19.7. The summed E-state index contributed by atoms with van der Waals surface area (Å²) in [6, 6.07) is 7.92. The Balaban J connectivity index is 1.81. The number of hydrogen-bond donors (Lipinski definition) is 0. The van der Waals surface area contributed by atoms with E-state index in [9.17, 15) is 0 Å². The van der Waals surface area contributed by atoms with Gasteiger partial charge in [0.15, 0.2) is 0 Å². The summed E-state index contributed by atoms with van der Waals surface area (Å²) >= 11 is 5.74. The highest BCUT2D eigenvalue weighted by molar-refractivity contribution is 6.17. The first kappa shape index (κ1) is 16.4. The summed E-state index contributed by atoms with van der Waals surface area (Å²) in [6.45, 7) is 9.31. The summed E-state index contributed by atoms with van der Waals surface area (Å²) < 4.78 is 11.9. The largest absolute Gasteiger partial charge is 0.489 e. The molecule has 1 aromatic rings. The summed E-state index contributed by atoms with van der Waals surface area (Å²) in [4.78, 5) is 2.42. The zero-order valence-electron chi connectivity index (χ0n) is 13.3. The van der Waals surface area contributed by atoms with Crippen molar-refractivity contribution < 1.29 is 9.47 Å². The van der Waals surface area contributed by atoms with E-state index in [0.717, 1.165) is 49.9 Å². The predicted octanol–water partition coefficient (Wildman–Crippen LogP) is 3.95. The third-order valence-electron chi connectivity index (χ3n) is 3.39. The lowest BCUT2D eigenvalue weighted by atomic mass is 10.2. The molecule has 0 saturated carbocycles. The molecule has 0 N–H and O–H groups in total. The minimum atomic E-state index is -0.170. The van der Waals surface area contributed by atoms with Gasteiger partial charge in [0.25, 0.3) is 0 Å². The van der Waals surface area contributed by atoms with Gasteiger partial charge in [-0.1, -0.05) is 0 Å². The van der Waals surface area contributed by atoms with E-state index in [4.69, 9.17) is 21.1 Å². The van der Waals surface area contributed by atoms with Gasteiger partial charge in [-0.25, -0.2) is 0 Å². The van der Waals surface area contributed by atoms with Crippen LogP contribution >= 0.6 is 11.6 Å². The maximum Gasteiger partial charge on any atom is 0.120 e. The molecular formula is C17H26ClNO2. The average Bonchev–Trinajstić information content (AvgIpc) is 2.85. The molecule has 0 bridgehead atoms. The van der Waals surface area contributed by atoms with Crippen LogP contribution < -0.4 is 9.47 Å². The second-order valence-electron chi connectivity index (χ2n) is 6.56. The minimum Gasteiger partial charge on any atom is -0.489 e. The Morgan fingerprint density at radius 2 is 1.86 bits per heavy atom. The van der Waals surface area contributed by atoms with Crippen molar-refractivity contribution in [1.82, 2.24) is 4.90 Å². The van der Waals surface area contributed by atoms with Gasteiger partial charge in [-0.2, -0.15) is 0 Å². The maximum absolute atomic E-state index is 6.04. The molecule has 1 atom stereocenters. The molecule has 1 aliphatic heterocycles. The van der Waals surface area contributed by atoms with Gasteiger partial charge in [-0.05, 0) is 64.4 Å². The quantitative estimate of drug-likeness (QED) is 0.743. The lowest BCUT2D eigenvalue weighted by Gasteiger charge is -2.21. The number of ether oxygens (including phenoxy) is 2. The molecule has 0 aliphatic carbocycles. The van der Waals surface area contributed by atoms with Gasteiger partial charge in [-0.3, -0.25) is 4.90 Å². The molecule has 1 aromatic carbocycles. The second kappa shape index (κ2) is 7.37. The van der Waals surface area contributed by atoms with Crippen LogP contribution in [0.5, 0.6) is 11.5 Å². The minimum absolute atomic E-state index is 0.170. The lowest BCUT2D eigenvalue weighted by molar-refractivity contribution is 0.130. The van der Waals surface area contributed by atoms with Crippen LogP contribution in [0.4, 0.5) is 0 Å². The summed E-state index contributed by atoms with van der Waals surface area (Å²) in [7, 11) is 0. The van der Waals surface area contributed by atoms with Crippen molar-refractivity contribution in [2.75, 3.05) is 25.5 Å². The molecule has 3 nitrogen and oxygen atoms in total. The van der Waals surface area contributed by atoms with Crippen LogP contribution in [0.25, 0.3) is 0 Å². The van der Waals surface area contributed by atoms with Crippen LogP contribution in [0.15, 0.2) is 24.3 Å². The van der Waals surface area contributed by atoms with E-state index in [1.165, 1.54) is 0 Å². The smallest absolute Gasteiger partial charge is 0.120 e. The van der Waals surface area contributed by atoms with Crippen LogP contribution in [0.3, 0.4) is 0 Å². The molecule has 0 radical (unpaired) electrons. The lowest BCUT2D eigenvalue weighted by Crippen LogP contribution is -2.26. The summed E-state index contributed by atoms with van der Waals surface area (Å²) in [5, 5.41) is 0. The van der Waals surface area contributed by atoms with E-state index < -0.39 is 0 Å². The topological polar surface area (TPSA) is 21.7 Å². The highest BCUT2D eigenvalue weighted by Crippen LogP contribution is 2.24. The third-order valence-corrected chi connectivity index (χ3v) is 3.65. The Bertz CT molecular complexity index is 427. The van der Waals surface area contributed by atoms with Gasteiger partial charge in [0.05, 0.1) is 0 Å². The average molecular weight is 312 g/mol. The molecule has 1 fully saturated rings. The van der Waals surface area contributed by atoms with Crippen molar-refractivity contribution in [3.8, 4) is 11.5 Å². The van der Waals surface area contributed by atoms with Crippen molar-refractivity contribution in [3.05, 3.63) is 24.3 Å². The van der Waals surface area contributed by atoms with Crippen molar-refractivity contribution in [3.63, 3.8) is 0 Å². The van der Waals surface area contributed by atoms with E-state index in [-0.39, 0.29) is 11.7 Å². The molecule has 0 aromatic heterocycles. The number of halogens is 1. The van der Waals surface area contributed by atoms with Crippen molar-refractivity contribution in [2.24, 2.45) is 0 Å². The van der Waals surface area contributed by atoms with Gasteiger partial charge in [0.1, 0.15) is 23.2 Å². The van der Waals surface area contributed by atoms with Crippen molar-refractivity contribution >= 4 is 11.6 Å². The van der Waals surface area contributed by atoms with Gasteiger partial charge in [-0.15, -0.1) is 11.6 Å². The Labute approximate surface area is 133 Å². The molecule has 1 aliphatic rings. The fourth-order valence-corrected chi connectivity index (χ4v) is 2.63. The first-order valence-electron chi connectivity index (χ1n) is 7.70. The fraction of sp³-hybridized carbons (Fsp3) is 0.647. The molecule has 0 spiro atoms. The third kappa shape index (κ3) is 5.76. The van der Waals surface area contributed by atoms with Gasteiger partial charge < -0.3 is 9.47 Å². The number of rotatable bonds is 6. The SMILES string of the molecule is CC(C)(C)Oc1ccc(O[C@H]2CCN(CCCCl)C2)cc1. The molecule has 0 amide bonds. The number of hydrogen-bond acceptors (Lipinski definition) is 3. The molecule has 1 heterocycles. The van der Waals surface area contributed by atoms with Gasteiger partial charge >= 0.3 is 0 Å². The highest BCUT2D eigenvalue weighted by Gasteiger charge is 2.23. The molecule has 118 valence electrons. The Morgan fingerprint density at radius 3 is 2.48 bits per heavy atom. The van der Waals surface area contributed by atoms with Crippen LogP contribution in [-0.4, -0.2) is 42.1 Å².